The lowest BCUT2D eigenvalue weighted by molar-refractivity contribution is -0.137. The first kappa shape index (κ1) is 31.6. The third kappa shape index (κ3) is 7.71. The molecule has 0 bridgehead atoms. The minimum absolute atomic E-state index is 0.0172. The largest absolute Gasteiger partial charge is 0.480 e. The van der Waals surface area contributed by atoms with E-state index in [1.165, 1.54) is 10.5 Å². The lowest BCUT2D eigenvalue weighted by Crippen LogP contribution is -2.35. The van der Waals surface area contributed by atoms with Crippen LogP contribution in [0, 0.1) is 13.8 Å². The van der Waals surface area contributed by atoms with E-state index in [-0.39, 0.29) is 24.4 Å². The Labute approximate surface area is 275 Å². The van der Waals surface area contributed by atoms with E-state index >= 15 is 0 Å². The van der Waals surface area contributed by atoms with E-state index in [9.17, 15) is 19.5 Å². The average Bonchev–Trinajstić information content (AvgIpc) is 3.74. The Morgan fingerprint density at radius 3 is 2.00 bits per heavy atom. The Bertz CT molecular complexity index is 2050. The molecular weight excluding hydrogens is 610 g/mol. The molecule has 11 nitrogen and oxygen atoms in total. The van der Waals surface area contributed by atoms with Crippen molar-refractivity contribution in [3.05, 3.63) is 131 Å². The maximum atomic E-state index is 13.3. The van der Waals surface area contributed by atoms with Crippen molar-refractivity contribution in [1.82, 2.24) is 20.2 Å². The molecule has 6 rings (SSSR count). The van der Waals surface area contributed by atoms with Crippen LogP contribution in [0.25, 0.3) is 34.0 Å². The summed E-state index contributed by atoms with van der Waals surface area (Å²) in [6, 6.07) is 31.3. The Morgan fingerprint density at radius 2 is 1.38 bits per heavy atom. The van der Waals surface area contributed by atoms with Gasteiger partial charge in [0.05, 0.1) is 12.1 Å². The quantitative estimate of drug-likeness (QED) is 0.160. The number of hydrogen-bond donors (Lipinski definition) is 2. The molecule has 2 heterocycles. The van der Waals surface area contributed by atoms with Crippen LogP contribution in [0.2, 0.25) is 0 Å². The fourth-order valence-electron chi connectivity index (χ4n) is 5.09. The Hall–Kier alpha value is -6.36. The van der Waals surface area contributed by atoms with Gasteiger partial charge in [-0.3, -0.25) is 14.4 Å². The molecule has 240 valence electrons. The van der Waals surface area contributed by atoms with Gasteiger partial charge in [0.25, 0.3) is 11.8 Å². The van der Waals surface area contributed by atoms with Gasteiger partial charge in [0.1, 0.15) is 12.3 Å². The Morgan fingerprint density at radius 1 is 0.750 bits per heavy atom. The molecule has 0 spiro atoms. The maximum Gasteiger partial charge on any atom is 0.323 e. The number of carboxylic acids is 1. The fourth-order valence-corrected chi connectivity index (χ4v) is 5.09. The van der Waals surface area contributed by atoms with Crippen molar-refractivity contribution >= 4 is 23.5 Å². The molecule has 0 fully saturated rings. The highest BCUT2D eigenvalue weighted by molar-refractivity contribution is 5.97. The van der Waals surface area contributed by atoms with Crippen molar-refractivity contribution in [2.24, 2.45) is 0 Å². The van der Waals surface area contributed by atoms with Crippen LogP contribution in [-0.2, 0) is 22.6 Å². The lowest BCUT2D eigenvalue weighted by atomic mass is 10.0. The van der Waals surface area contributed by atoms with Gasteiger partial charge in [-0.05, 0) is 66.9 Å². The molecular formula is C37H31N5O6. The molecule has 0 unspecified atom stereocenters. The second-order valence-electron chi connectivity index (χ2n) is 11.4. The van der Waals surface area contributed by atoms with E-state index in [2.05, 4.69) is 51.8 Å². The van der Waals surface area contributed by atoms with E-state index in [1.54, 1.807) is 61.5 Å². The monoisotopic (exact) mass is 641 g/mol. The van der Waals surface area contributed by atoms with Gasteiger partial charge >= 0.3 is 5.97 Å². The summed E-state index contributed by atoms with van der Waals surface area (Å²) in [7, 11) is 0. The molecule has 2 N–H and O–H groups in total. The number of nitrogens with zero attached hydrogens (tertiary/aromatic N) is 4. The topological polar surface area (TPSA) is 152 Å². The van der Waals surface area contributed by atoms with Crippen LogP contribution in [-0.4, -0.2) is 49.6 Å². The summed E-state index contributed by atoms with van der Waals surface area (Å²) in [4.78, 5) is 43.1. The zero-order valence-corrected chi connectivity index (χ0v) is 26.2. The van der Waals surface area contributed by atoms with Crippen LogP contribution in [0.4, 0.5) is 5.69 Å². The van der Waals surface area contributed by atoms with E-state index in [0.29, 0.717) is 34.4 Å². The number of aryl methyl sites for hydroxylation is 2. The minimum Gasteiger partial charge on any atom is -0.480 e. The number of carboxylic acid groups (broad SMARTS) is 1. The molecule has 0 atom stereocenters. The number of rotatable bonds is 11. The number of carbonyl (C=O) groups is 3. The van der Waals surface area contributed by atoms with Gasteiger partial charge in [-0.1, -0.05) is 76.5 Å². The van der Waals surface area contributed by atoms with E-state index in [4.69, 9.17) is 9.05 Å². The molecule has 6 aromatic rings. The highest BCUT2D eigenvalue weighted by Gasteiger charge is 2.20. The molecule has 2 aromatic heterocycles. The summed E-state index contributed by atoms with van der Waals surface area (Å²) in [5.74, 6) is -0.675. The third-order valence-corrected chi connectivity index (χ3v) is 7.57. The number of carbonyl (C=O) groups excluding carboxylic acids is 2. The summed E-state index contributed by atoms with van der Waals surface area (Å²) in [5, 5.41) is 20.2. The van der Waals surface area contributed by atoms with Crippen molar-refractivity contribution in [2.75, 3.05) is 11.9 Å². The first-order chi connectivity index (χ1) is 23.2. The molecule has 11 heteroatoms. The second kappa shape index (κ2) is 14.0. The normalized spacial score (nSPS) is 10.9. The summed E-state index contributed by atoms with van der Waals surface area (Å²) in [5.41, 5.74) is 7.07. The van der Waals surface area contributed by atoms with Gasteiger partial charge in [0.2, 0.25) is 11.7 Å². The van der Waals surface area contributed by atoms with Crippen molar-refractivity contribution in [2.45, 2.75) is 26.8 Å². The third-order valence-electron chi connectivity index (χ3n) is 7.57. The van der Waals surface area contributed by atoms with Crippen molar-refractivity contribution in [1.29, 1.82) is 0 Å². The summed E-state index contributed by atoms with van der Waals surface area (Å²) < 4.78 is 10.6. The van der Waals surface area contributed by atoms with Gasteiger partial charge in [0, 0.05) is 35.0 Å². The molecule has 0 saturated heterocycles. The zero-order valence-electron chi connectivity index (χ0n) is 26.2. The first-order valence-electron chi connectivity index (χ1n) is 15.1. The standard InChI is InChI=1S/C37H31N5O6/c1-23-3-7-26(8-4-23)27-11-13-29(14-12-27)36-39-35(41-48-36)28-9-5-25(6-10-28)21-42(22-34(44)45)37(46)30-15-17-31(18-16-30)38-33(43)20-32-19-24(2)40-47-32/h3-19H,20-22H2,1-2H3,(H,38,43)(H,44,45). The van der Waals surface area contributed by atoms with Gasteiger partial charge < -0.3 is 24.4 Å². The molecule has 0 aliphatic rings. The molecule has 0 saturated carbocycles. The van der Waals surface area contributed by atoms with Gasteiger partial charge in [-0.25, -0.2) is 0 Å². The van der Waals surface area contributed by atoms with Crippen LogP contribution in [0.3, 0.4) is 0 Å². The fraction of sp³-hybridized carbons (Fsp3) is 0.135. The van der Waals surface area contributed by atoms with E-state index in [0.717, 1.165) is 22.3 Å². The number of hydrogen-bond acceptors (Lipinski definition) is 8. The highest BCUT2D eigenvalue weighted by Crippen LogP contribution is 2.26. The van der Waals surface area contributed by atoms with Crippen molar-refractivity contribution < 1.29 is 28.5 Å². The first-order valence-corrected chi connectivity index (χ1v) is 15.1. The lowest BCUT2D eigenvalue weighted by Gasteiger charge is -2.21. The molecule has 4 aromatic carbocycles. The number of amides is 2. The Kier molecular flexibility index (Phi) is 9.19. The highest BCUT2D eigenvalue weighted by atomic mass is 16.5. The number of aromatic nitrogens is 3. The minimum atomic E-state index is -1.14. The molecule has 0 aliphatic carbocycles. The van der Waals surface area contributed by atoms with Gasteiger partial charge in [-0.2, -0.15) is 4.98 Å². The molecule has 0 aliphatic heterocycles. The number of benzene rings is 4. The van der Waals surface area contributed by atoms with Crippen LogP contribution in [0.15, 0.2) is 112 Å². The van der Waals surface area contributed by atoms with Gasteiger partial charge in [-0.15, -0.1) is 0 Å². The summed E-state index contributed by atoms with van der Waals surface area (Å²) in [6.07, 6.45) is 0.0172. The number of nitrogens with one attached hydrogen (secondary N) is 1. The maximum absolute atomic E-state index is 13.3. The SMILES string of the molecule is Cc1ccc(-c2ccc(-c3nc(-c4ccc(CN(CC(=O)O)C(=O)c5ccc(NC(=O)Cc6cc(C)no6)cc5)cc4)no3)cc2)cc1. The molecule has 48 heavy (non-hydrogen) atoms. The van der Waals surface area contributed by atoms with Crippen LogP contribution >= 0.6 is 0 Å². The predicted molar refractivity (Wildman–Crippen MR) is 178 cm³/mol. The van der Waals surface area contributed by atoms with E-state index < -0.39 is 18.4 Å². The molecule has 0 radical (unpaired) electrons. The average molecular weight is 642 g/mol. The molecule has 2 amide bonds. The van der Waals surface area contributed by atoms with Crippen LogP contribution in [0.1, 0.15) is 32.9 Å². The van der Waals surface area contributed by atoms with Crippen LogP contribution < -0.4 is 5.32 Å². The Balaban J connectivity index is 1.09. The van der Waals surface area contributed by atoms with E-state index in [1.807, 2.05) is 24.3 Å². The predicted octanol–water partition coefficient (Wildman–Crippen LogP) is 6.58. The number of aliphatic carboxylic acids is 1. The van der Waals surface area contributed by atoms with Crippen LogP contribution in [0.5, 0.6) is 0 Å². The number of anilines is 1. The second-order valence-corrected chi connectivity index (χ2v) is 11.4. The van der Waals surface area contributed by atoms with Gasteiger partial charge in [0.15, 0.2) is 0 Å². The van der Waals surface area contributed by atoms with Crippen molar-refractivity contribution in [3.8, 4) is 34.0 Å². The smallest absolute Gasteiger partial charge is 0.323 e. The summed E-state index contributed by atoms with van der Waals surface area (Å²) >= 11 is 0. The van der Waals surface area contributed by atoms with Crippen molar-refractivity contribution in [3.63, 3.8) is 0 Å². The summed E-state index contributed by atoms with van der Waals surface area (Å²) in [6.45, 7) is 3.39. The zero-order chi connectivity index (χ0) is 33.6.